The van der Waals surface area contributed by atoms with Crippen LogP contribution >= 0.6 is 15.9 Å². The number of aromatic nitrogens is 3. The molecule has 0 fully saturated rings. The van der Waals surface area contributed by atoms with Crippen molar-refractivity contribution in [2.75, 3.05) is 0 Å². The molecule has 0 saturated heterocycles. The monoisotopic (exact) mass is 251 g/mol. The summed E-state index contributed by atoms with van der Waals surface area (Å²) in [4.78, 5) is 4.36. The second kappa shape index (κ2) is 3.53. The van der Waals surface area contributed by atoms with E-state index in [2.05, 4.69) is 26.0 Å². The van der Waals surface area contributed by atoms with Crippen LogP contribution < -0.4 is 0 Å². The average Bonchev–Trinajstić information content (AvgIpc) is 2.46. The van der Waals surface area contributed by atoms with Gasteiger partial charge in [0, 0.05) is 17.1 Å². The van der Waals surface area contributed by atoms with Gasteiger partial charge in [-0.3, -0.25) is 0 Å². The van der Waals surface area contributed by atoms with Gasteiger partial charge in [0.25, 0.3) is 0 Å². The molecule has 14 heavy (non-hydrogen) atoms. The topological polar surface area (TPSA) is 30.7 Å². The molecule has 2 rings (SSSR count). The number of benzene rings is 1. The highest BCUT2D eigenvalue weighted by Crippen LogP contribution is 2.25. The van der Waals surface area contributed by atoms with Crippen LogP contribution in [0.4, 0.5) is 0 Å². The van der Waals surface area contributed by atoms with Crippen LogP contribution in [0.15, 0.2) is 28.7 Å². The zero-order chi connectivity index (χ0) is 10.1. The van der Waals surface area contributed by atoms with Crippen molar-refractivity contribution >= 4 is 15.9 Å². The zero-order valence-corrected chi connectivity index (χ0v) is 9.62. The lowest BCUT2D eigenvalue weighted by Gasteiger charge is -2.01. The molecule has 0 radical (unpaired) electrons. The maximum atomic E-state index is 4.36. The van der Waals surface area contributed by atoms with Gasteiger partial charge in [-0.2, -0.15) is 5.10 Å². The number of aryl methyl sites for hydroxylation is 2. The van der Waals surface area contributed by atoms with Crippen molar-refractivity contribution in [3.05, 3.63) is 34.6 Å². The Morgan fingerprint density at radius 2 is 2.00 bits per heavy atom. The normalized spacial score (nSPS) is 10.5. The van der Waals surface area contributed by atoms with Crippen LogP contribution in [0.2, 0.25) is 0 Å². The summed E-state index contributed by atoms with van der Waals surface area (Å²) >= 11 is 3.50. The first-order chi connectivity index (χ1) is 6.68. The van der Waals surface area contributed by atoms with E-state index >= 15 is 0 Å². The van der Waals surface area contributed by atoms with Crippen molar-refractivity contribution in [2.24, 2.45) is 7.05 Å². The Balaban J connectivity index is 2.60. The molecule has 0 aliphatic rings. The molecule has 0 unspecified atom stereocenters. The van der Waals surface area contributed by atoms with Gasteiger partial charge in [0.05, 0.1) is 0 Å². The summed E-state index contributed by atoms with van der Waals surface area (Å²) in [5.74, 6) is 1.67. The summed E-state index contributed by atoms with van der Waals surface area (Å²) in [7, 11) is 1.90. The third-order valence-corrected chi connectivity index (χ3v) is 2.68. The molecule has 72 valence electrons. The quantitative estimate of drug-likeness (QED) is 0.780. The van der Waals surface area contributed by atoms with Crippen molar-refractivity contribution in [2.45, 2.75) is 6.92 Å². The van der Waals surface area contributed by atoms with E-state index in [1.165, 1.54) is 0 Å². The molecule has 1 aromatic carbocycles. The minimum Gasteiger partial charge on any atom is -0.249 e. The molecule has 1 heterocycles. The molecular formula is C10H10BrN3. The lowest BCUT2D eigenvalue weighted by atomic mass is 10.2. The van der Waals surface area contributed by atoms with Gasteiger partial charge in [0.1, 0.15) is 5.82 Å². The number of nitrogens with zero attached hydrogens (tertiary/aromatic N) is 3. The van der Waals surface area contributed by atoms with Gasteiger partial charge in [-0.15, -0.1) is 0 Å². The van der Waals surface area contributed by atoms with Crippen molar-refractivity contribution in [3.63, 3.8) is 0 Å². The van der Waals surface area contributed by atoms with Gasteiger partial charge in [0.15, 0.2) is 5.82 Å². The van der Waals surface area contributed by atoms with Crippen LogP contribution in [-0.4, -0.2) is 14.8 Å². The summed E-state index contributed by atoms with van der Waals surface area (Å²) in [6, 6.07) is 7.99. The maximum Gasteiger partial charge on any atom is 0.159 e. The third kappa shape index (κ3) is 1.57. The van der Waals surface area contributed by atoms with E-state index in [4.69, 9.17) is 0 Å². The first-order valence-corrected chi connectivity index (χ1v) is 5.10. The van der Waals surface area contributed by atoms with Crippen molar-refractivity contribution in [3.8, 4) is 11.4 Å². The molecule has 0 atom stereocenters. The van der Waals surface area contributed by atoms with Crippen LogP contribution in [0.25, 0.3) is 11.4 Å². The van der Waals surface area contributed by atoms with Gasteiger partial charge in [-0.1, -0.05) is 34.1 Å². The molecule has 0 amide bonds. The van der Waals surface area contributed by atoms with Crippen LogP contribution in [0.1, 0.15) is 5.82 Å². The van der Waals surface area contributed by atoms with E-state index in [0.717, 1.165) is 21.7 Å². The Bertz CT molecular complexity index is 462. The minimum absolute atomic E-state index is 0.790. The minimum atomic E-state index is 0.790. The number of hydrogen-bond donors (Lipinski definition) is 0. The number of halogens is 1. The van der Waals surface area contributed by atoms with Crippen molar-refractivity contribution in [1.29, 1.82) is 0 Å². The Labute approximate surface area is 90.9 Å². The maximum absolute atomic E-state index is 4.36. The highest BCUT2D eigenvalue weighted by Gasteiger charge is 2.08. The van der Waals surface area contributed by atoms with E-state index in [1.807, 2.05) is 38.2 Å². The van der Waals surface area contributed by atoms with Crippen LogP contribution in [0.5, 0.6) is 0 Å². The molecular weight excluding hydrogens is 242 g/mol. The highest BCUT2D eigenvalue weighted by molar-refractivity contribution is 9.10. The molecule has 4 heteroatoms. The van der Waals surface area contributed by atoms with Gasteiger partial charge >= 0.3 is 0 Å². The first kappa shape index (κ1) is 9.40. The molecule has 3 nitrogen and oxygen atoms in total. The van der Waals surface area contributed by atoms with Gasteiger partial charge < -0.3 is 0 Å². The summed E-state index contributed by atoms with van der Waals surface area (Å²) in [6.07, 6.45) is 0. The molecule has 0 saturated carbocycles. The number of rotatable bonds is 1. The predicted molar refractivity (Wildman–Crippen MR) is 58.9 cm³/mol. The fourth-order valence-corrected chi connectivity index (χ4v) is 1.85. The fourth-order valence-electron chi connectivity index (χ4n) is 1.39. The second-order valence-electron chi connectivity index (χ2n) is 3.09. The lowest BCUT2D eigenvalue weighted by Crippen LogP contribution is -1.94. The lowest BCUT2D eigenvalue weighted by molar-refractivity contribution is 0.763. The van der Waals surface area contributed by atoms with Gasteiger partial charge in [-0.05, 0) is 13.0 Å². The Hall–Kier alpha value is -1.16. The predicted octanol–water partition coefficient (Wildman–Crippen LogP) is 2.55. The largest absolute Gasteiger partial charge is 0.249 e. The van der Waals surface area contributed by atoms with E-state index < -0.39 is 0 Å². The zero-order valence-electron chi connectivity index (χ0n) is 8.03. The summed E-state index contributed by atoms with van der Waals surface area (Å²) < 4.78 is 2.82. The van der Waals surface area contributed by atoms with E-state index in [1.54, 1.807) is 4.68 Å². The average molecular weight is 252 g/mol. The number of hydrogen-bond acceptors (Lipinski definition) is 2. The van der Waals surface area contributed by atoms with E-state index in [-0.39, 0.29) is 0 Å². The Morgan fingerprint density at radius 3 is 2.57 bits per heavy atom. The molecule has 0 N–H and O–H groups in total. The van der Waals surface area contributed by atoms with Gasteiger partial charge in [0.2, 0.25) is 0 Å². The van der Waals surface area contributed by atoms with Crippen LogP contribution in [0.3, 0.4) is 0 Å². The smallest absolute Gasteiger partial charge is 0.159 e. The molecule has 0 spiro atoms. The highest BCUT2D eigenvalue weighted by atomic mass is 79.9. The van der Waals surface area contributed by atoms with Gasteiger partial charge in [-0.25, -0.2) is 9.67 Å². The van der Waals surface area contributed by atoms with Crippen molar-refractivity contribution in [1.82, 2.24) is 14.8 Å². The second-order valence-corrected chi connectivity index (χ2v) is 3.94. The van der Waals surface area contributed by atoms with Crippen LogP contribution in [-0.2, 0) is 7.05 Å². The standard InChI is InChI=1S/C10H10BrN3/c1-7-12-10(14(2)13-7)8-5-3-4-6-9(8)11/h3-6H,1-2H3. The Kier molecular flexibility index (Phi) is 2.37. The molecule has 0 aliphatic carbocycles. The first-order valence-electron chi connectivity index (χ1n) is 4.31. The van der Waals surface area contributed by atoms with Crippen molar-refractivity contribution < 1.29 is 0 Å². The molecule has 1 aromatic heterocycles. The SMILES string of the molecule is Cc1nc(-c2ccccc2Br)n(C)n1. The summed E-state index contributed by atoms with van der Waals surface area (Å²) in [6.45, 7) is 1.89. The summed E-state index contributed by atoms with van der Waals surface area (Å²) in [5, 5.41) is 4.21. The van der Waals surface area contributed by atoms with Crippen LogP contribution in [0, 0.1) is 6.92 Å². The molecule has 2 aromatic rings. The molecule has 0 aliphatic heterocycles. The molecule has 0 bridgehead atoms. The van der Waals surface area contributed by atoms with E-state index in [0.29, 0.717) is 0 Å². The fraction of sp³-hybridized carbons (Fsp3) is 0.200. The Morgan fingerprint density at radius 1 is 1.29 bits per heavy atom. The third-order valence-electron chi connectivity index (χ3n) is 1.98. The van der Waals surface area contributed by atoms with E-state index in [9.17, 15) is 0 Å². The summed E-state index contributed by atoms with van der Waals surface area (Å²) in [5.41, 5.74) is 1.07.